The molecule has 0 aliphatic rings. The number of aryl methyl sites for hydroxylation is 1. The molecule has 0 unspecified atom stereocenters. The maximum atomic E-state index is 11.5. The van der Waals surface area contributed by atoms with Crippen molar-refractivity contribution in [1.29, 1.82) is 0 Å². The predicted octanol–water partition coefficient (Wildman–Crippen LogP) is 0.592. The van der Waals surface area contributed by atoms with E-state index in [1.807, 2.05) is 0 Å². The Morgan fingerprint density at radius 1 is 1.56 bits per heavy atom. The summed E-state index contributed by atoms with van der Waals surface area (Å²) in [4.78, 5) is 21.6. The van der Waals surface area contributed by atoms with Crippen molar-refractivity contribution in [2.24, 2.45) is 5.73 Å². The van der Waals surface area contributed by atoms with Gasteiger partial charge in [0, 0.05) is 30.3 Å². The SMILES string of the molecule is Cc1cc(C(=O)NCCN)ccc1[N+](=O)[O-]. The van der Waals surface area contributed by atoms with Gasteiger partial charge in [0.2, 0.25) is 0 Å². The summed E-state index contributed by atoms with van der Waals surface area (Å²) in [5, 5.41) is 13.2. The Morgan fingerprint density at radius 2 is 2.25 bits per heavy atom. The zero-order valence-corrected chi connectivity index (χ0v) is 8.90. The molecule has 0 aliphatic carbocycles. The summed E-state index contributed by atoms with van der Waals surface area (Å²) in [5.41, 5.74) is 6.12. The van der Waals surface area contributed by atoms with Crippen LogP contribution < -0.4 is 11.1 Å². The van der Waals surface area contributed by atoms with E-state index in [-0.39, 0.29) is 11.6 Å². The molecule has 1 aromatic carbocycles. The molecule has 0 radical (unpaired) electrons. The molecule has 1 aromatic rings. The van der Waals surface area contributed by atoms with Crippen LogP contribution in [0.25, 0.3) is 0 Å². The van der Waals surface area contributed by atoms with Crippen LogP contribution in [-0.2, 0) is 0 Å². The van der Waals surface area contributed by atoms with E-state index in [2.05, 4.69) is 5.32 Å². The Balaban J connectivity index is 2.88. The van der Waals surface area contributed by atoms with Crippen LogP contribution in [0, 0.1) is 17.0 Å². The molecule has 0 spiro atoms. The quantitative estimate of drug-likeness (QED) is 0.576. The van der Waals surface area contributed by atoms with E-state index in [0.717, 1.165) is 0 Å². The van der Waals surface area contributed by atoms with Gasteiger partial charge in [0.15, 0.2) is 0 Å². The number of nitrogens with two attached hydrogens (primary N) is 1. The fourth-order valence-corrected chi connectivity index (χ4v) is 1.29. The van der Waals surface area contributed by atoms with E-state index >= 15 is 0 Å². The number of nitrogens with one attached hydrogen (secondary N) is 1. The monoisotopic (exact) mass is 223 g/mol. The summed E-state index contributed by atoms with van der Waals surface area (Å²) in [6.07, 6.45) is 0. The number of hydrogen-bond acceptors (Lipinski definition) is 4. The molecule has 0 saturated carbocycles. The van der Waals surface area contributed by atoms with Gasteiger partial charge in [0.25, 0.3) is 11.6 Å². The van der Waals surface area contributed by atoms with Crippen molar-refractivity contribution in [1.82, 2.24) is 5.32 Å². The average Bonchev–Trinajstić information content (AvgIpc) is 2.25. The minimum atomic E-state index is -0.475. The first-order valence-corrected chi connectivity index (χ1v) is 4.79. The lowest BCUT2D eigenvalue weighted by Gasteiger charge is -2.04. The summed E-state index contributed by atoms with van der Waals surface area (Å²) < 4.78 is 0. The number of carbonyl (C=O) groups is 1. The van der Waals surface area contributed by atoms with Crippen LogP contribution in [0.4, 0.5) is 5.69 Å². The van der Waals surface area contributed by atoms with Gasteiger partial charge in [0.05, 0.1) is 4.92 Å². The number of nitro benzene ring substituents is 1. The summed E-state index contributed by atoms with van der Waals surface area (Å²) >= 11 is 0. The fourth-order valence-electron chi connectivity index (χ4n) is 1.29. The van der Waals surface area contributed by atoms with Crippen LogP contribution >= 0.6 is 0 Å². The lowest BCUT2D eigenvalue weighted by atomic mass is 10.1. The van der Waals surface area contributed by atoms with Gasteiger partial charge in [-0.05, 0) is 19.1 Å². The molecule has 0 bridgehead atoms. The van der Waals surface area contributed by atoms with E-state index < -0.39 is 4.92 Å². The number of rotatable bonds is 4. The summed E-state index contributed by atoms with van der Waals surface area (Å²) in [7, 11) is 0. The second-order valence-electron chi connectivity index (χ2n) is 3.30. The second kappa shape index (κ2) is 5.22. The molecule has 0 fully saturated rings. The molecular formula is C10H13N3O3. The van der Waals surface area contributed by atoms with E-state index in [4.69, 9.17) is 5.73 Å². The molecule has 0 aliphatic heterocycles. The van der Waals surface area contributed by atoms with Crippen molar-refractivity contribution in [2.45, 2.75) is 6.92 Å². The molecule has 0 saturated heterocycles. The zero-order valence-electron chi connectivity index (χ0n) is 8.90. The maximum absolute atomic E-state index is 11.5. The summed E-state index contributed by atoms with van der Waals surface area (Å²) in [6.45, 7) is 2.34. The standard InChI is InChI=1S/C10H13N3O3/c1-7-6-8(10(14)12-5-4-11)2-3-9(7)13(15)16/h2-3,6H,4-5,11H2,1H3,(H,12,14). The van der Waals surface area contributed by atoms with Gasteiger partial charge >= 0.3 is 0 Å². The van der Waals surface area contributed by atoms with Gasteiger partial charge in [0.1, 0.15) is 0 Å². The van der Waals surface area contributed by atoms with Crippen LogP contribution in [-0.4, -0.2) is 23.9 Å². The number of amides is 1. The Bertz CT molecular complexity index is 418. The van der Waals surface area contributed by atoms with Crippen molar-refractivity contribution in [3.05, 3.63) is 39.4 Å². The Morgan fingerprint density at radius 3 is 2.75 bits per heavy atom. The number of nitro groups is 1. The van der Waals surface area contributed by atoms with Crippen LogP contribution in [0.15, 0.2) is 18.2 Å². The third-order valence-electron chi connectivity index (χ3n) is 2.09. The predicted molar refractivity (Wildman–Crippen MR) is 59.2 cm³/mol. The van der Waals surface area contributed by atoms with Gasteiger partial charge in [-0.3, -0.25) is 14.9 Å². The molecular weight excluding hydrogens is 210 g/mol. The van der Waals surface area contributed by atoms with Crippen LogP contribution in [0.1, 0.15) is 15.9 Å². The first-order chi connectivity index (χ1) is 7.56. The van der Waals surface area contributed by atoms with Crippen molar-refractivity contribution >= 4 is 11.6 Å². The van der Waals surface area contributed by atoms with E-state index in [9.17, 15) is 14.9 Å². The van der Waals surface area contributed by atoms with Crippen LogP contribution in [0.3, 0.4) is 0 Å². The molecule has 1 amide bonds. The number of hydrogen-bond donors (Lipinski definition) is 2. The number of benzene rings is 1. The Labute approximate surface area is 92.6 Å². The minimum absolute atomic E-state index is 0.00961. The third-order valence-corrected chi connectivity index (χ3v) is 2.09. The number of nitrogens with zero attached hydrogens (tertiary/aromatic N) is 1. The van der Waals surface area contributed by atoms with Crippen molar-refractivity contribution in [2.75, 3.05) is 13.1 Å². The van der Waals surface area contributed by atoms with Crippen molar-refractivity contribution in [3.8, 4) is 0 Å². The largest absolute Gasteiger partial charge is 0.351 e. The van der Waals surface area contributed by atoms with E-state index in [1.54, 1.807) is 6.92 Å². The molecule has 3 N–H and O–H groups in total. The topological polar surface area (TPSA) is 98.3 Å². The third kappa shape index (κ3) is 2.77. The highest BCUT2D eigenvalue weighted by molar-refractivity contribution is 5.94. The molecule has 0 aromatic heterocycles. The zero-order chi connectivity index (χ0) is 12.1. The van der Waals surface area contributed by atoms with Crippen LogP contribution in [0.2, 0.25) is 0 Å². The second-order valence-corrected chi connectivity index (χ2v) is 3.30. The first-order valence-electron chi connectivity index (χ1n) is 4.79. The molecule has 1 rings (SSSR count). The molecule has 86 valence electrons. The minimum Gasteiger partial charge on any atom is -0.351 e. The van der Waals surface area contributed by atoms with Gasteiger partial charge in [-0.1, -0.05) is 0 Å². The average molecular weight is 223 g/mol. The molecule has 6 heteroatoms. The van der Waals surface area contributed by atoms with Crippen molar-refractivity contribution < 1.29 is 9.72 Å². The van der Waals surface area contributed by atoms with Gasteiger partial charge in [-0.15, -0.1) is 0 Å². The lowest BCUT2D eigenvalue weighted by molar-refractivity contribution is -0.385. The number of carbonyl (C=O) groups excluding carboxylic acids is 1. The first kappa shape index (κ1) is 12.1. The molecule has 0 atom stereocenters. The molecule has 6 nitrogen and oxygen atoms in total. The lowest BCUT2D eigenvalue weighted by Crippen LogP contribution is -2.29. The van der Waals surface area contributed by atoms with Gasteiger partial charge in [-0.2, -0.15) is 0 Å². The Hall–Kier alpha value is -1.95. The van der Waals surface area contributed by atoms with E-state index in [1.165, 1.54) is 18.2 Å². The van der Waals surface area contributed by atoms with Gasteiger partial charge in [-0.25, -0.2) is 0 Å². The highest BCUT2D eigenvalue weighted by atomic mass is 16.6. The summed E-state index contributed by atoms with van der Waals surface area (Å²) in [6, 6.07) is 4.24. The smallest absolute Gasteiger partial charge is 0.272 e. The highest BCUT2D eigenvalue weighted by Crippen LogP contribution is 2.18. The van der Waals surface area contributed by atoms with Crippen LogP contribution in [0.5, 0.6) is 0 Å². The normalized spacial score (nSPS) is 9.88. The van der Waals surface area contributed by atoms with Gasteiger partial charge < -0.3 is 11.1 Å². The maximum Gasteiger partial charge on any atom is 0.272 e. The summed E-state index contributed by atoms with van der Waals surface area (Å²) in [5.74, 6) is -0.275. The molecule has 16 heavy (non-hydrogen) atoms. The highest BCUT2D eigenvalue weighted by Gasteiger charge is 2.13. The Kier molecular flexibility index (Phi) is 3.96. The molecule has 0 heterocycles. The van der Waals surface area contributed by atoms with Crippen molar-refractivity contribution in [3.63, 3.8) is 0 Å². The van der Waals surface area contributed by atoms with E-state index in [0.29, 0.717) is 24.2 Å². The fraction of sp³-hybridized carbons (Fsp3) is 0.300.